The quantitative estimate of drug-likeness (QED) is 0.330. The average molecular weight is 468 g/mol. The molecule has 0 heterocycles. The second-order valence-corrected chi connectivity index (χ2v) is 6.01. The number of hydrogen-bond donors (Lipinski definition) is 3. The minimum Gasteiger partial charge on any atom is -0.484 e. The van der Waals surface area contributed by atoms with E-state index >= 15 is 0 Å². The number of anilines is 1. The third-order valence-corrected chi connectivity index (χ3v) is 3.54. The second-order valence-electron chi connectivity index (χ2n) is 6.01. The van der Waals surface area contributed by atoms with Crippen LogP contribution in [0.4, 0.5) is 5.69 Å². The average Bonchev–Trinajstić information content (AvgIpc) is 2.59. The van der Waals surface area contributed by atoms with E-state index in [9.17, 15) is 4.79 Å². The van der Waals surface area contributed by atoms with Crippen LogP contribution in [0.3, 0.4) is 0 Å². The van der Waals surface area contributed by atoms with Crippen molar-refractivity contribution in [1.82, 2.24) is 0 Å². The van der Waals surface area contributed by atoms with Gasteiger partial charge >= 0.3 is 0 Å². The van der Waals surface area contributed by atoms with Crippen LogP contribution in [-0.4, -0.2) is 18.5 Å². The molecule has 0 aliphatic rings. The number of halogens is 1. The number of nitrogens with one attached hydrogen (secondary N) is 1. The summed E-state index contributed by atoms with van der Waals surface area (Å²) < 4.78 is 5.28. The normalized spacial score (nSPS) is 11.0. The molecule has 0 aliphatic heterocycles. The number of carbonyl (C=O) groups is 1. The predicted molar refractivity (Wildman–Crippen MR) is 116 cm³/mol. The van der Waals surface area contributed by atoms with Gasteiger partial charge in [0.1, 0.15) is 5.75 Å². The lowest BCUT2D eigenvalue weighted by Crippen LogP contribution is -2.22. The molecule has 2 aromatic carbocycles. The molecule has 26 heavy (non-hydrogen) atoms. The first-order chi connectivity index (χ1) is 11.9. The van der Waals surface area contributed by atoms with Crippen LogP contribution in [0.5, 0.6) is 5.75 Å². The van der Waals surface area contributed by atoms with Gasteiger partial charge in [-0.1, -0.05) is 38.1 Å². The highest BCUT2D eigenvalue weighted by Gasteiger charge is 2.02. The number of guanidine groups is 1. The zero-order chi connectivity index (χ0) is 18.2. The third-order valence-electron chi connectivity index (χ3n) is 3.54. The second kappa shape index (κ2) is 10.6. The molecule has 0 saturated carbocycles. The van der Waals surface area contributed by atoms with Crippen molar-refractivity contribution in [2.75, 3.05) is 11.9 Å². The van der Waals surface area contributed by atoms with Gasteiger partial charge in [0, 0.05) is 5.69 Å². The molecular formula is C19H25IN4O2. The molecular weight excluding hydrogens is 443 g/mol. The number of benzene rings is 2. The number of nitrogens with two attached hydrogens (primary N) is 2. The van der Waals surface area contributed by atoms with E-state index in [2.05, 4.69) is 36.3 Å². The van der Waals surface area contributed by atoms with Crippen molar-refractivity contribution in [2.45, 2.75) is 26.3 Å². The molecule has 5 N–H and O–H groups in total. The van der Waals surface area contributed by atoms with Gasteiger partial charge < -0.3 is 21.5 Å². The third kappa shape index (κ3) is 7.30. The molecule has 0 spiro atoms. The number of aliphatic imine (C=N–C) groups is 1. The number of rotatable bonds is 7. The van der Waals surface area contributed by atoms with Crippen molar-refractivity contribution in [3.05, 3.63) is 59.7 Å². The van der Waals surface area contributed by atoms with Gasteiger partial charge in [0.2, 0.25) is 0 Å². The Morgan fingerprint density at radius 1 is 1.15 bits per heavy atom. The lowest BCUT2D eigenvalue weighted by molar-refractivity contribution is -0.119. The predicted octanol–water partition coefficient (Wildman–Crippen LogP) is 3.22. The summed E-state index contributed by atoms with van der Waals surface area (Å²) in [6, 6.07) is 15.4. The topological polar surface area (TPSA) is 103 Å². The van der Waals surface area contributed by atoms with E-state index in [-0.39, 0.29) is 30.6 Å². The fraction of sp³-hybridized carbons (Fsp3) is 0.263. The fourth-order valence-electron chi connectivity index (χ4n) is 2.23. The molecule has 0 unspecified atom stereocenters. The minimum atomic E-state index is -0.513. The summed E-state index contributed by atoms with van der Waals surface area (Å²) >= 11 is 0. The number of primary amides is 1. The molecule has 0 fully saturated rings. The van der Waals surface area contributed by atoms with Gasteiger partial charge in [0.25, 0.3) is 5.91 Å². The summed E-state index contributed by atoms with van der Waals surface area (Å²) in [5.74, 6) is 0.843. The summed E-state index contributed by atoms with van der Waals surface area (Å²) in [5.41, 5.74) is 14.1. The van der Waals surface area contributed by atoms with Crippen LogP contribution in [0.25, 0.3) is 0 Å². The zero-order valence-corrected chi connectivity index (χ0v) is 17.3. The monoisotopic (exact) mass is 468 g/mol. The fourth-order valence-corrected chi connectivity index (χ4v) is 2.23. The highest BCUT2D eigenvalue weighted by molar-refractivity contribution is 14.0. The summed E-state index contributed by atoms with van der Waals surface area (Å²) in [6.07, 6.45) is 0. The highest BCUT2D eigenvalue weighted by Crippen LogP contribution is 2.18. The molecule has 0 aliphatic carbocycles. The molecule has 0 bridgehead atoms. The van der Waals surface area contributed by atoms with Crippen molar-refractivity contribution in [1.29, 1.82) is 0 Å². The maximum atomic E-state index is 10.8. The van der Waals surface area contributed by atoms with Crippen LogP contribution >= 0.6 is 24.0 Å². The summed E-state index contributed by atoms with van der Waals surface area (Å²) in [6.45, 7) is 4.53. The molecule has 0 aromatic heterocycles. The van der Waals surface area contributed by atoms with Gasteiger partial charge in [0.15, 0.2) is 12.6 Å². The zero-order valence-electron chi connectivity index (χ0n) is 14.9. The molecule has 2 aromatic rings. The number of nitrogens with zero attached hydrogens (tertiary/aromatic N) is 1. The molecule has 2 rings (SSSR count). The highest BCUT2D eigenvalue weighted by atomic mass is 127. The molecule has 0 saturated heterocycles. The van der Waals surface area contributed by atoms with E-state index < -0.39 is 5.91 Å². The van der Waals surface area contributed by atoms with Crippen LogP contribution in [-0.2, 0) is 11.3 Å². The molecule has 140 valence electrons. The summed E-state index contributed by atoms with van der Waals surface area (Å²) in [4.78, 5) is 15.1. The SMILES string of the molecule is CC(C)c1cccc(NC(N)=NCc2cccc(OCC(N)=O)c2)c1.I. The molecule has 1 amide bonds. The largest absolute Gasteiger partial charge is 0.484 e. The number of hydrogen-bond acceptors (Lipinski definition) is 3. The Kier molecular flexibility index (Phi) is 8.91. The van der Waals surface area contributed by atoms with E-state index in [4.69, 9.17) is 16.2 Å². The Bertz CT molecular complexity index is 763. The van der Waals surface area contributed by atoms with Crippen LogP contribution in [0.1, 0.15) is 30.9 Å². The molecule has 0 atom stereocenters. The molecule has 0 radical (unpaired) electrons. The van der Waals surface area contributed by atoms with Gasteiger partial charge in [-0.15, -0.1) is 24.0 Å². The molecule has 7 heteroatoms. The van der Waals surface area contributed by atoms with Gasteiger partial charge in [0.05, 0.1) is 6.54 Å². The van der Waals surface area contributed by atoms with Gasteiger partial charge in [-0.2, -0.15) is 0 Å². The molecule has 6 nitrogen and oxygen atoms in total. The van der Waals surface area contributed by atoms with Crippen LogP contribution in [0.2, 0.25) is 0 Å². The summed E-state index contributed by atoms with van der Waals surface area (Å²) in [5, 5.41) is 3.10. The van der Waals surface area contributed by atoms with Gasteiger partial charge in [-0.05, 0) is 41.3 Å². The van der Waals surface area contributed by atoms with E-state index in [1.807, 2.05) is 24.3 Å². The Morgan fingerprint density at radius 3 is 2.58 bits per heavy atom. The first-order valence-electron chi connectivity index (χ1n) is 8.11. The van der Waals surface area contributed by atoms with Crippen LogP contribution < -0.4 is 21.5 Å². The standard InChI is InChI=1S/C19H24N4O2.HI/c1-13(2)15-6-4-7-16(10-15)23-19(21)22-11-14-5-3-8-17(9-14)25-12-18(20)24;/h3-10,13H,11-12H2,1-2H3,(H2,20,24)(H3,21,22,23);1H. The lowest BCUT2D eigenvalue weighted by Gasteiger charge is -2.10. The number of carbonyl (C=O) groups excluding carboxylic acids is 1. The smallest absolute Gasteiger partial charge is 0.255 e. The van der Waals surface area contributed by atoms with Crippen LogP contribution in [0.15, 0.2) is 53.5 Å². The maximum Gasteiger partial charge on any atom is 0.255 e. The number of amides is 1. The van der Waals surface area contributed by atoms with Crippen molar-refractivity contribution >= 4 is 41.5 Å². The minimum absolute atomic E-state index is 0. The Morgan fingerprint density at radius 2 is 1.88 bits per heavy atom. The summed E-state index contributed by atoms with van der Waals surface area (Å²) in [7, 11) is 0. The van der Waals surface area contributed by atoms with E-state index in [1.165, 1.54) is 5.56 Å². The van der Waals surface area contributed by atoms with Gasteiger partial charge in [-0.25, -0.2) is 4.99 Å². The van der Waals surface area contributed by atoms with E-state index in [0.29, 0.717) is 24.2 Å². The maximum absolute atomic E-state index is 10.8. The Balaban J connectivity index is 0.00000338. The first kappa shape index (κ1) is 21.8. The van der Waals surface area contributed by atoms with Gasteiger partial charge in [-0.3, -0.25) is 4.79 Å². The Labute approximate surface area is 171 Å². The first-order valence-corrected chi connectivity index (χ1v) is 8.11. The van der Waals surface area contributed by atoms with E-state index in [1.54, 1.807) is 12.1 Å². The Hall–Kier alpha value is -2.29. The van der Waals surface area contributed by atoms with E-state index in [0.717, 1.165) is 11.3 Å². The number of ether oxygens (including phenoxy) is 1. The van der Waals surface area contributed by atoms with Crippen molar-refractivity contribution in [3.63, 3.8) is 0 Å². The van der Waals surface area contributed by atoms with Crippen molar-refractivity contribution < 1.29 is 9.53 Å². The lowest BCUT2D eigenvalue weighted by atomic mass is 10.0. The van der Waals surface area contributed by atoms with Crippen LogP contribution in [0, 0.1) is 0 Å². The van der Waals surface area contributed by atoms with Crippen molar-refractivity contribution in [3.8, 4) is 5.75 Å². The van der Waals surface area contributed by atoms with Crippen molar-refractivity contribution in [2.24, 2.45) is 16.5 Å².